The van der Waals surface area contributed by atoms with Crippen LogP contribution < -0.4 is 0 Å². The second kappa shape index (κ2) is 5.58. The van der Waals surface area contributed by atoms with E-state index < -0.39 is 6.17 Å². The van der Waals surface area contributed by atoms with E-state index in [0.29, 0.717) is 11.1 Å². The average molecular weight is 242 g/mol. The Hall–Kier alpha value is -1.96. The Balaban J connectivity index is 2.06. The minimum Gasteiger partial charge on any atom is -0.294 e. The molecule has 0 aliphatic rings. The first kappa shape index (κ1) is 12.5. The number of halogens is 1. The minimum atomic E-state index is -1.24. The second-order valence-corrected chi connectivity index (χ2v) is 4.37. The zero-order valence-electron chi connectivity index (χ0n) is 10.3. The van der Waals surface area contributed by atoms with Gasteiger partial charge in [-0.25, -0.2) is 4.39 Å². The van der Waals surface area contributed by atoms with E-state index in [1.54, 1.807) is 36.4 Å². The van der Waals surface area contributed by atoms with Gasteiger partial charge < -0.3 is 0 Å². The van der Waals surface area contributed by atoms with Crippen molar-refractivity contribution in [2.75, 3.05) is 0 Å². The predicted octanol–water partition coefficient (Wildman–Crippen LogP) is 4.28. The lowest BCUT2D eigenvalue weighted by atomic mass is 10.0. The van der Waals surface area contributed by atoms with Gasteiger partial charge in [-0.1, -0.05) is 60.2 Å². The van der Waals surface area contributed by atoms with Crippen molar-refractivity contribution in [3.05, 3.63) is 71.3 Å². The topological polar surface area (TPSA) is 17.1 Å². The van der Waals surface area contributed by atoms with Crippen LogP contribution in [0.1, 0.15) is 34.1 Å². The Labute approximate surface area is 106 Å². The third-order valence-corrected chi connectivity index (χ3v) is 2.90. The van der Waals surface area contributed by atoms with Crippen LogP contribution >= 0.6 is 0 Å². The summed E-state index contributed by atoms with van der Waals surface area (Å²) in [7, 11) is 0. The summed E-state index contributed by atoms with van der Waals surface area (Å²) in [5.41, 5.74) is 2.21. The molecule has 2 aromatic carbocycles. The number of hydrogen-bond donors (Lipinski definition) is 0. The van der Waals surface area contributed by atoms with E-state index in [0.717, 1.165) is 5.56 Å². The van der Waals surface area contributed by atoms with Crippen molar-refractivity contribution in [1.29, 1.82) is 0 Å². The highest BCUT2D eigenvalue weighted by Crippen LogP contribution is 2.23. The van der Waals surface area contributed by atoms with Gasteiger partial charge in [-0.15, -0.1) is 0 Å². The SMILES string of the molecule is Cc1ccc(C(F)CC(=O)c2ccccc2)cc1. The van der Waals surface area contributed by atoms with Crippen molar-refractivity contribution >= 4 is 5.78 Å². The molecule has 0 saturated heterocycles. The van der Waals surface area contributed by atoms with Gasteiger partial charge in [-0.3, -0.25) is 4.79 Å². The maximum Gasteiger partial charge on any atom is 0.166 e. The first-order chi connectivity index (χ1) is 8.66. The first-order valence-corrected chi connectivity index (χ1v) is 5.95. The van der Waals surface area contributed by atoms with Gasteiger partial charge in [0, 0.05) is 12.0 Å². The number of Topliss-reactive ketones (excluding diaryl/α,β-unsaturated/α-hetero) is 1. The lowest BCUT2D eigenvalue weighted by molar-refractivity contribution is 0.0947. The van der Waals surface area contributed by atoms with Gasteiger partial charge in [0.1, 0.15) is 6.17 Å². The van der Waals surface area contributed by atoms with Gasteiger partial charge in [0.15, 0.2) is 5.78 Å². The molecule has 18 heavy (non-hydrogen) atoms. The van der Waals surface area contributed by atoms with Gasteiger partial charge >= 0.3 is 0 Å². The monoisotopic (exact) mass is 242 g/mol. The Morgan fingerprint density at radius 3 is 2.28 bits per heavy atom. The molecule has 1 atom stereocenters. The van der Waals surface area contributed by atoms with Crippen LogP contribution in [0, 0.1) is 6.92 Å². The second-order valence-electron chi connectivity index (χ2n) is 4.37. The molecule has 2 rings (SSSR count). The number of aryl methyl sites for hydroxylation is 1. The first-order valence-electron chi connectivity index (χ1n) is 5.95. The van der Waals surface area contributed by atoms with Crippen LogP contribution in [0.2, 0.25) is 0 Å². The van der Waals surface area contributed by atoms with E-state index >= 15 is 0 Å². The Kier molecular flexibility index (Phi) is 3.88. The van der Waals surface area contributed by atoms with Crippen molar-refractivity contribution in [1.82, 2.24) is 0 Å². The molecule has 0 radical (unpaired) electrons. The molecule has 0 N–H and O–H groups in total. The van der Waals surface area contributed by atoms with E-state index in [1.807, 2.05) is 25.1 Å². The van der Waals surface area contributed by atoms with Crippen LogP contribution in [0.15, 0.2) is 54.6 Å². The molecule has 1 unspecified atom stereocenters. The van der Waals surface area contributed by atoms with E-state index in [4.69, 9.17) is 0 Å². The van der Waals surface area contributed by atoms with Gasteiger partial charge in [-0.05, 0) is 12.5 Å². The summed E-state index contributed by atoms with van der Waals surface area (Å²) in [4.78, 5) is 11.9. The standard InChI is InChI=1S/C16H15FO/c1-12-7-9-13(10-8-12)15(17)11-16(18)14-5-3-2-4-6-14/h2-10,15H,11H2,1H3. The molecule has 0 bridgehead atoms. The maximum atomic E-state index is 14.0. The van der Waals surface area contributed by atoms with Crippen LogP contribution in [-0.4, -0.2) is 5.78 Å². The highest BCUT2D eigenvalue weighted by atomic mass is 19.1. The van der Waals surface area contributed by atoms with Gasteiger partial charge in [0.2, 0.25) is 0 Å². The Morgan fingerprint density at radius 2 is 1.67 bits per heavy atom. The molecular weight excluding hydrogens is 227 g/mol. The fraction of sp³-hybridized carbons (Fsp3) is 0.188. The Bertz CT molecular complexity index is 517. The number of hydrogen-bond acceptors (Lipinski definition) is 1. The predicted molar refractivity (Wildman–Crippen MR) is 70.4 cm³/mol. The highest BCUT2D eigenvalue weighted by Gasteiger charge is 2.15. The number of rotatable bonds is 4. The quantitative estimate of drug-likeness (QED) is 0.731. The zero-order chi connectivity index (χ0) is 13.0. The summed E-state index contributed by atoms with van der Waals surface area (Å²) in [6.45, 7) is 1.95. The van der Waals surface area contributed by atoms with Crippen molar-refractivity contribution in [3.63, 3.8) is 0 Å². The van der Waals surface area contributed by atoms with Crippen molar-refractivity contribution in [3.8, 4) is 0 Å². The lowest BCUT2D eigenvalue weighted by Crippen LogP contribution is -2.04. The molecule has 2 heteroatoms. The summed E-state index contributed by atoms with van der Waals surface area (Å²) < 4.78 is 14.0. The molecule has 0 aromatic heterocycles. The van der Waals surface area contributed by atoms with Crippen LogP contribution in [-0.2, 0) is 0 Å². The Morgan fingerprint density at radius 1 is 1.06 bits per heavy atom. The average Bonchev–Trinajstić information content (AvgIpc) is 2.40. The summed E-state index contributed by atoms with van der Waals surface area (Å²) >= 11 is 0. The number of carbonyl (C=O) groups excluding carboxylic acids is 1. The number of ketones is 1. The molecule has 0 aliphatic heterocycles. The minimum absolute atomic E-state index is 0.104. The van der Waals surface area contributed by atoms with Gasteiger partial charge in [-0.2, -0.15) is 0 Å². The summed E-state index contributed by atoms with van der Waals surface area (Å²) in [6.07, 6.45) is -1.34. The molecule has 1 nitrogen and oxygen atoms in total. The van der Waals surface area contributed by atoms with Gasteiger partial charge in [0.05, 0.1) is 0 Å². The van der Waals surface area contributed by atoms with Gasteiger partial charge in [0.25, 0.3) is 0 Å². The fourth-order valence-corrected chi connectivity index (χ4v) is 1.80. The van der Waals surface area contributed by atoms with Crippen LogP contribution in [0.5, 0.6) is 0 Å². The lowest BCUT2D eigenvalue weighted by Gasteiger charge is -2.08. The van der Waals surface area contributed by atoms with Crippen molar-refractivity contribution in [2.24, 2.45) is 0 Å². The van der Waals surface area contributed by atoms with Crippen LogP contribution in [0.4, 0.5) is 4.39 Å². The van der Waals surface area contributed by atoms with Crippen LogP contribution in [0.25, 0.3) is 0 Å². The zero-order valence-corrected chi connectivity index (χ0v) is 10.3. The maximum absolute atomic E-state index is 14.0. The largest absolute Gasteiger partial charge is 0.294 e. The van der Waals surface area contributed by atoms with E-state index in [2.05, 4.69) is 0 Å². The summed E-state index contributed by atoms with van der Waals surface area (Å²) in [5.74, 6) is -0.163. The number of alkyl halides is 1. The molecule has 92 valence electrons. The third-order valence-electron chi connectivity index (χ3n) is 2.90. The number of benzene rings is 2. The molecule has 2 aromatic rings. The molecule has 0 fully saturated rings. The number of carbonyl (C=O) groups is 1. The third kappa shape index (κ3) is 3.04. The van der Waals surface area contributed by atoms with E-state index in [9.17, 15) is 9.18 Å². The molecule has 0 aliphatic carbocycles. The van der Waals surface area contributed by atoms with E-state index in [-0.39, 0.29) is 12.2 Å². The summed E-state index contributed by atoms with van der Waals surface area (Å²) in [6, 6.07) is 16.0. The summed E-state index contributed by atoms with van der Waals surface area (Å²) in [5, 5.41) is 0. The molecule has 0 heterocycles. The normalized spacial score (nSPS) is 12.1. The molecule has 0 amide bonds. The molecular formula is C16H15FO. The fourth-order valence-electron chi connectivity index (χ4n) is 1.80. The molecule has 0 spiro atoms. The molecule has 0 saturated carbocycles. The van der Waals surface area contributed by atoms with Crippen molar-refractivity contribution < 1.29 is 9.18 Å². The van der Waals surface area contributed by atoms with Crippen molar-refractivity contribution in [2.45, 2.75) is 19.5 Å². The smallest absolute Gasteiger partial charge is 0.166 e. The van der Waals surface area contributed by atoms with Crippen LogP contribution in [0.3, 0.4) is 0 Å². The highest BCUT2D eigenvalue weighted by molar-refractivity contribution is 5.96. The van der Waals surface area contributed by atoms with E-state index in [1.165, 1.54) is 0 Å².